The minimum Gasteiger partial charge on any atom is -0.396 e. The summed E-state index contributed by atoms with van der Waals surface area (Å²) in [6.45, 7) is 0.116. The first-order valence-electron chi connectivity index (χ1n) is 4.98. The minimum absolute atomic E-state index is 0.116. The first-order valence-corrected chi connectivity index (χ1v) is 4.98. The Morgan fingerprint density at radius 3 is 2.57 bits per heavy atom. The lowest BCUT2D eigenvalue weighted by atomic mass is 9.90. The average molecular weight is 190 g/mol. The van der Waals surface area contributed by atoms with Crippen LogP contribution in [0.25, 0.3) is 0 Å². The molecule has 0 spiro atoms. The summed E-state index contributed by atoms with van der Waals surface area (Å²) in [5, 5.41) is 9.16. The Morgan fingerprint density at radius 2 is 1.93 bits per heavy atom. The molecule has 0 saturated heterocycles. The Balaban J connectivity index is 2.22. The van der Waals surface area contributed by atoms with Gasteiger partial charge in [0.05, 0.1) is 0 Å². The molecule has 1 fully saturated rings. The molecule has 0 unspecified atom stereocenters. The monoisotopic (exact) mass is 190 g/mol. The van der Waals surface area contributed by atoms with Gasteiger partial charge in [-0.15, -0.1) is 0 Å². The quantitative estimate of drug-likeness (QED) is 0.771. The topological polar surface area (TPSA) is 37.3 Å². The molecule has 0 radical (unpaired) electrons. The molecule has 2 heteroatoms. The van der Waals surface area contributed by atoms with Crippen LogP contribution < -0.4 is 0 Å². The van der Waals surface area contributed by atoms with E-state index in [0.29, 0.717) is 12.8 Å². The zero-order chi connectivity index (χ0) is 9.97. The van der Waals surface area contributed by atoms with Gasteiger partial charge < -0.3 is 5.11 Å². The van der Waals surface area contributed by atoms with Crippen LogP contribution in [0.1, 0.15) is 24.3 Å². The molecule has 0 amide bonds. The summed E-state index contributed by atoms with van der Waals surface area (Å²) in [6, 6.07) is 9.99. The lowest BCUT2D eigenvalue weighted by Crippen LogP contribution is -2.10. The van der Waals surface area contributed by atoms with Gasteiger partial charge in [0.25, 0.3) is 0 Å². The van der Waals surface area contributed by atoms with Crippen LogP contribution in [0.5, 0.6) is 0 Å². The molecular formula is C12H14O2. The van der Waals surface area contributed by atoms with E-state index < -0.39 is 0 Å². The van der Waals surface area contributed by atoms with Crippen molar-refractivity contribution in [3.05, 3.63) is 35.9 Å². The Hall–Kier alpha value is -1.15. The van der Waals surface area contributed by atoms with Crippen LogP contribution >= 0.6 is 0 Å². The molecule has 1 N–H and O–H groups in total. The number of hydrogen-bond acceptors (Lipinski definition) is 2. The van der Waals surface area contributed by atoms with Crippen molar-refractivity contribution in [1.29, 1.82) is 0 Å². The fourth-order valence-corrected chi connectivity index (χ4v) is 2.21. The molecule has 0 aliphatic heterocycles. The lowest BCUT2D eigenvalue weighted by molar-refractivity contribution is -0.117. The molecular weight excluding hydrogens is 176 g/mol. The van der Waals surface area contributed by atoms with Gasteiger partial charge in [-0.3, -0.25) is 4.79 Å². The van der Waals surface area contributed by atoms with E-state index in [1.54, 1.807) is 0 Å². The first-order chi connectivity index (χ1) is 6.81. The van der Waals surface area contributed by atoms with Gasteiger partial charge in [-0.25, -0.2) is 0 Å². The minimum atomic E-state index is 0.116. The third-order valence-electron chi connectivity index (χ3n) is 2.97. The maximum atomic E-state index is 11.3. The van der Waals surface area contributed by atoms with Gasteiger partial charge in [0.1, 0.15) is 5.78 Å². The van der Waals surface area contributed by atoms with Crippen LogP contribution in [0, 0.1) is 5.92 Å². The van der Waals surface area contributed by atoms with Crippen LogP contribution in [0.2, 0.25) is 0 Å². The van der Waals surface area contributed by atoms with E-state index in [-0.39, 0.29) is 24.2 Å². The second kappa shape index (κ2) is 3.93. The number of hydrogen-bond donors (Lipinski definition) is 1. The van der Waals surface area contributed by atoms with Gasteiger partial charge in [-0.1, -0.05) is 30.3 Å². The van der Waals surface area contributed by atoms with Gasteiger partial charge in [-0.2, -0.15) is 0 Å². The van der Waals surface area contributed by atoms with Gasteiger partial charge >= 0.3 is 0 Å². The van der Waals surface area contributed by atoms with Crippen LogP contribution in [0.15, 0.2) is 30.3 Å². The van der Waals surface area contributed by atoms with E-state index in [0.717, 1.165) is 0 Å². The fourth-order valence-electron chi connectivity index (χ4n) is 2.21. The largest absolute Gasteiger partial charge is 0.396 e. The first kappa shape index (κ1) is 9.41. The van der Waals surface area contributed by atoms with E-state index >= 15 is 0 Å². The second-order valence-corrected chi connectivity index (χ2v) is 3.91. The highest BCUT2D eigenvalue weighted by Crippen LogP contribution is 2.36. The Kier molecular flexibility index (Phi) is 2.64. The summed E-state index contributed by atoms with van der Waals surface area (Å²) in [5.74, 6) is 0.636. The summed E-state index contributed by atoms with van der Waals surface area (Å²) in [7, 11) is 0. The summed E-state index contributed by atoms with van der Waals surface area (Å²) in [4.78, 5) is 11.3. The standard InChI is InChI=1S/C12H14O2/c13-8-10-6-11(14)7-12(10)9-4-2-1-3-5-9/h1-5,10,12-13H,6-8H2/t10-,12-/m0/s1. The number of carbonyl (C=O) groups excluding carboxylic acids is 1. The van der Waals surface area contributed by atoms with E-state index in [4.69, 9.17) is 5.11 Å². The molecule has 1 aliphatic rings. The SMILES string of the molecule is O=C1C[C@@H](CO)[C@H](c2ccccc2)C1. The molecule has 1 aromatic rings. The highest BCUT2D eigenvalue weighted by Gasteiger charge is 2.33. The molecule has 0 aromatic heterocycles. The van der Waals surface area contributed by atoms with Crippen molar-refractivity contribution in [2.75, 3.05) is 6.61 Å². The van der Waals surface area contributed by atoms with Crippen molar-refractivity contribution in [2.24, 2.45) is 5.92 Å². The average Bonchev–Trinajstić information content (AvgIpc) is 2.61. The normalized spacial score (nSPS) is 26.8. The molecule has 14 heavy (non-hydrogen) atoms. The number of benzene rings is 1. The van der Waals surface area contributed by atoms with Crippen molar-refractivity contribution in [3.63, 3.8) is 0 Å². The zero-order valence-corrected chi connectivity index (χ0v) is 8.02. The van der Waals surface area contributed by atoms with Crippen molar-refractivity contribution < 1.29 is 9.90 Å². The maximum absolute atomic E-state index is 11.3. The Bertz CT molecular complexity index is 318. The fraction of sp³-hybridized carbons (Fsp3) is 0.417. The van der Waals surface area contributed by atoms with Crippen molar-refractivity contribution in [1.82, 2.24) is 0 Å². The number of aliphatic hydroxyl groups is 1. The van der Waals surface area contributed by atoms with Crippen LogP contribution in [-0.2, 0) is 4.79 Å². The number of ketones is 1. The molecule has 1 saturated carbocycles. The van der Waals surface area contributed by atoms with Gasteiger partial charge in [0.2, 0.25) is 0 Å². The highest BCUT2D eigenvalue weighted by molar-refractivity contribution is 5.82. The van der Waals surface area contributed by atoms with E-state index in [9.17, 15) is 4.79 Å². The lowest BCUT2D eigenvalue weighted by Gasteiger charge is -2.16. The summed E-state index contributed by atoms with van der Waals surface area (Å²) >= 11 is 0. The van der Waals surface area contributed by atoms with E-state index in [1.165, 1.54) is 5.56 Å². The van der Waals surface area contributed by atoms with E-state index in [1.807, 2.05) is 30.3 Å². The summed E-state index contributed by atoms with van der Waals surface area (Å²) in [6.07, 6.45) is 1.13. The third-order valence-corrected chi connectivity index (χ3v) is 2.97. The molecule has 2 atom stereocenters. The zero-order valence-electron chi connectivity index (χ0n) is 8.02. The van der Waals surface area contributed by atoms with Gasteiger partial charge in [0, 0.05) is 19.4 Å². The van der Waals surface area contributed by atoms with Crippen LogP contribution in [0.3, 0.4) is 0 Å². The molecule has 0 bridgehead atoms. The van der Waals surface area contributed by atoms with Crippen molar-refractivity contribution in [2.45, 2.75) is 18.8 Å². The molecule has 1 aromatic carbocycles. The van der Waals surface area contributed by atoms with Gasteiger partial charge in [0.15, 0.2) is 0 Å². The molecule has 2 nitrogen and oxygen atoms in total. The predicted molar refractivity (Wildman–Crippen MR) is 54.0 cm³/mol. The maximum Gasteiger partial charge on any atom is 0.133 e. The Morgan fingerprint density at radius 1 is 1.21 bits per heavy atom. The smallest absolute Gasteiger partial charge is 0.133 e. The van der Waals surface area contributed by atoms with Crippen LogP contribution in [-0.4, -0.2) is 17.5 Å². The number of rotatable bonds is 2. The molecule has 1 aliphatic carbocycles. The summed E-state index contributed by atoms with van der Waals surface area (Å²) < 4.78 is 0. The molecule has 74 valence electrons. The van der Waals surface area contributed by atoms with Crippen molar-refractivity contribution in [3.8, 4) is 0 Å². The molecule has 0 heterocycles. The number of aliphatic hydroxyl groups excluding tert-OH is 1. The summed E-state index contributed by atoms with van der Waals surface area (Å²) in [5.41, 5.74) is 1.18. The van der Waals surface area contributed by atoms with Gasteiger partial charge in [-0.05, 0) is 17.4 Å². The van der Waals surface area contributed by atoms with E-state index in [2.05, 4.69) is 0 Å². The third kappa shape index (κ3) is 1.70. The predicted octanol–water partition coefficient (Wildman–Crippen LogP) is 1.74. The van der Waals surface area contributed by atoms with Crippen molar-refractivity contribution >= 4 is 5.78 Å². The second-order valence-electron chi connectivity index (χ2n) is 3.91. The molecule has 2 rings (SSSR count). The Labute approximate surface area is 83.6 Å². The number of carbonyl (C=O) groups is 1. The number of Topliss-reactive ketones (excluding diaryl/α,β-unsaturated/α-hetero) is 1. The highest BCUT2D eigenvalue weighted by atomic mass is 16.3. The van der Waals surface area contributed by atoms with Crippen LogP contribution in [0.4, 0.5) is 0 Å².